The van der Waals surface area contributed by atoms with Crippen LogP contribution in [-0.4, -0.2) is 30.4 Å². The van der Waals surface area contributed by atoms with E-state index in [9.17, 15) is 4.79 Å². The van der Waals surface area contributed by atoms with Crippen molar-refractivity contribution in [3.05, 3.63) is 58.5 Å². The topological polar surface area (TPSA) is 59.5 Å². The number of rotatable bonds is 3. The summed E-state index contributed by atoms with van der Waals surface area (Å²) in [5.74, 6) is 0.849. The van der Waals surface area contributed by atoms with Gasteiger partial charge in [0.1, 0.15) is 0 Å². The van der Waals surface area contributed by atoms with Gasteiger partial charge in [0.25, 0.3) is 5.91 Å². The van der Waals surface area contributed by atoms with Gasteiger partial charge in [-0.1, -0.05) is 30.3 Å². The summed E-state index contributed by atoms with van der Waals surface area (Å²) in [6.45, 7) is 1.92. The normalized spacial score (nSPS) is 20.7. The molecule has 2 atom stereocenters. The molecule has 0 aliphatic carbocycles. The highest BCUT2D eigenvalue weighted by Crippen LogP contribution is 2.33. The molecule has 0 unspecified atom stereocenters. The van der Waals surface area contributed by atoms with Crippen molar-refractivity contribution in [2.24, 2.45) is 11.7 Å². The molecule has 2 N–H and O–H groups in total. The number of furan rings is 1. The second-order valence-electron chi connectivity index (χ2n) is 5.32. The Bertz CT molecular complexity index is 632. The fraction of sp³-hybridized carbons (Fsp3) is 0.312. The Morgan fingerprint density at radius 1 is 1.27 bits per heavy atom. The van der Waals surface area contributed by atoms with Gasteiger partial charge in [0, 0.05) is 19.0 Å². The first-order chi connectivity index (χ1) is 10.2. The highest BCUT2D eigenvalue weighted by atomic mass is 79.9. The lowest BCUT2D eigenvalue weighted by atomic mass is 9.89. The van der Waals surface area contributed by atoms with Gasteiger partial charge in [-0.15, -0.1) is 12.4 Å². The number of carbonyl (C=O) groups excluding carboxylic acids is 1. The molecule has 1 aliphatic heterocycles. The molecule has 1 saturated heterocycles. The van der Waals surface area contributed by atoms with E-state index < -0.39 is 0 Å². The van der Waals surface area contributed by atoms with Crippen LogP contribution in [0.3, 0.4) is 0 Å². The van der Waals surface area contributed by atoms with Crippen LogP contribution >= 0.6 is 28.3 Å². The smallest absolute Gasteiger partial charge is 0.290 e. The summed E-state index contributed by atoms with van der Waals surface area (Å²) in [6.07, 6.45) is 1.52. The Hall–Kier alpha value is -1.30. The number of carbonyl (C=O) groups is 1. The average Bonchev–Trinajstić information content (AvgIpc) is 3.13. The third kappa shape index (κ3) is 3.21. The van der Waals surface area contributed by atoms with Gasteiger partial charge in [0.15, 0.2) is 0 Å². The van der Waals surface area contributed by atoms with Crippen molar-refractivity contribution in [2.75, 3.05) is 19.6 Å². The van der Waals surface area contributed by atoms with Crippen LogP contribution in [-0.2, 0) is 0 Å². The van der Waals surface area contributed by atoms with E-state index in [1.54, 1.807) is 6.07 Å². The average molecular weight is 386 g/mol. The highest BCUT2D eigenvalue weighted by Gasteiger charge is 2.36. The van der Waals surface area contributed by atoms with E-state index >= 15 is 0 Å². The van der Waals surface area contributed by atoms with Crippen molar-refractivity contribution >= 4 is 34.2 Å². The molecule has 0 spiro atoms. The molecule has 0 saturated carbocycles. The van der Waals surface area contributed by atoms with Gasteiger partial charge in [-0.3, -0.25) is 4.79 Å². The van der Waals surface area contributed by atoms with E-state index in [1.807, 2.05) is 23.1 Å². The van der Waals surface area contributed by atoms with Crippen LogP contribution in [0.5, 0.6) is 0 Å². The molecule has 3 rings (SSSR count). The van der Waals surface area contributed by atoms with E-state index in [-0.39, 0.29) is 30.2 Å². The number of amides is 1. The molecular formula is C16H18BrClN2O2. The Kier molecular flexibility index (Phi) is 5.67. The molecule has 1 aromatic heterocycles. The fourth-order valence-electron chi connectivity index (χ4n) is 2.94. The van der Waals surface area contributed by atoms with Crippen molar-refractivity contribution in [1.29, 1.82) is 0 Å². The first-order valence-electron chi connectivity index (χ1n) is 6.98. The van der Waals surface area contributed by atoms with Crippen LogP contribution in [0.2, 0.25) is 0 Å². The zero-order valence-electron chi connectivity index (χ0n) is 11.9. The van der Waals surface area contributed by atoms with Crippen molar-refractivity contribution in [1.82, 2.24) is 4.90 Å². The summed E-state index contributed by atoms with van der Waals surface area (Å²) in [7, 11) is 0. The molecular weight excluding hydrogens is 368 g/mol. The van der Waals surface area contributed by atoms with Crippen molar-refractivity contribution in [2.45, 2.75) is 5.92 Å². The molecule has 22 heavy (non-hydrogen) atoms. The fourth-order valence-corrected chi connectivity index (χ4v) is 3.31. The minimum Gasteiger partial charge on any atom is -0.458 e. The Labute approximate surface area is 144 Å². The Morgan fingerprint density at radius 2 is 2.00 bits per heavy atom. The van der Waals surface area contributed by atoms with Crippen LogP contribution < -0.4 is 5.73 Å². The van der Waals surface area contributed by atoms with Crippen LogP contribution in [0.4, 0.5) is 0 Å². The van der Waals surface area contributed by atoms with E-state index in [0.717, 1.165) is 0 Å². The lowest BCUT2D eigenvalue weighted by Crippen LogP contribution is -2.29. The van der Waals surface area contributed by atoms with Gasteiger partial charge < -0.3 is 15.1 Å². The second kappa shape index (κ2) is 7.31. The zero-order chi connectivity index (χ0) is 14.8. The SMILES string of the molecule is Cl.NC[C@@H]1CN(C(=O)c2occc2Br)C[C@H]1c1ccccc1. The highest BCUT2D eigenvalue weighted by molar-refractivity contribution is 9.10. The maximum Gasteiger partial charge on any atom is 0.290 e. The van der Waals surface area contributed by atoms with Gasteiger partial charge in [-0.2, -0.15) is 0 Å². The summed E-state index contributed by atoms with van der Waals surface area (Å²) in [4.78, 5) is 14.4. The van der Waals surface area contributed by atoms with Crippen LogP contribution in [0.25, 0.3) is 0 Å². The quantitative estimate of drug-likeness (QED) is 0.882. The molecule has 1 aliphatic rings. The number of hydrogen-bond acceptors (Lipinski definition) is 3. The number of likely N-dealkylation sites (tertiary alicyclic amines) is 1. The maximum atomic E-state index is 12.5. The molecule has 1 aromatic carbocycles. The van der Waals surface area contributed by atoms with Crippen LogP contribution in [0, 0.1) is 5.92 Å². The Balaban J connectivity index is 0.00000176. The summed E-state index contributed by atoms with van der Waals surface area (Å²) in [5, 5.41) is 0. The van der Waals surface area contributed by atoms with E-state index in [0.29, 0.717) is 29.9 Å². The largest absolute Gasteiger partial charge is 0.458 e. The summed E-state index contributed by atoms with van der Waals surface area (Å²) >= 11 is 3.34. The minimum absolute atomic E-state index is 0. The standard InChI is InChI=1S/C16H17BrN2O2.ClH/c17-14-6-7-21-15(14)16(20)19-9-12(8-18)13(10-19)11-4-2-1-3-5-11;/h1-7,12-13H,8-10,18H2;1H/t12-,13+;/m1./s1. The van der Waals surface area contributed by atoms with Crippen LogP contribution in [0.1, 0.15) is 22.0 Å². The molecule has 0 bridgehead atoms. The summed E-state index contributed by atoms with van der Waals surface area (Å²) in [5.41, 5.74) is 7.14. The number of benzene rings is 1. The first kappa shape index (κ1) is 17.1. The van der Waals surface area contributed by atoms with Gasteiger partial charge in [-0.25, -0.2) is 0 Å². The number of halogens is 2. The Morgan fingerprint density at radius 3 is 2.59 bits per heavy atom. The number of hydrogen-bond donors (Lipinski definition) is 1. The molecule has 4 nitrogen and oxygen atoms in total. The zero-order valence-corrected chi connectivity index (χ0v) is 14.3. The van der Waals surface area contributed by atoms with Gasteiger partial charge >= 0.3 is 0 Å². The molecule has 118 valence electrons. The molecule has 2 heterocycles. The minimum atomic E-state index is -0.0799. The maximum absolute atomic E-state index is 12.5. The van der Waals surface area contributed by atoms with Gasteiger partial charge in [0.05, 0.1) is 10.7 Å². The van der Waals surface area contributed by atoms with Crippen molar-refractivity contribution in [3.8, 4) is 0 Å². The molecule has 2 aromatic rings. The van der Waals surface area contributed by atoms with Crippen molar-refractivity contribution in [3.63, 3.8) is 0 Å². The molecule has 1 amide bonds. The third-order valence-corrected chi connectivity index (χ3v) is 4.69. The summed E-state index contributed by atoms with van der Waals surface area (Å²) in [6, 6.07) is 12.0. The monoisotopic (exact) mass is 384 g/mol. The van der Waals surface area contributed by atoms with Gasteiger partial charge in [-0.05, 0) is 40.0 Å². The predicted molar refractivity (Wildman–Crippen MR) is 91.3 cm³/mol. The van der Waals surface area contributed by atoms with E-state index in [2.05, 4.69) is 28.1 Å². The van der Waals surface area contributed by atoms with Crippen LogP contribution in [0.15, 0.2) is 51.6 Å². The van der Waals surface area contributed by atoms with Crippen molar-refractivity contribution < 1.29 is 9.21 Å². The molecule has 0 radical (unpaired) electrons. The lowest BCUT2D eigenvalue weighted by molar-refractivity contribution is 0.0753. The third-order valence-electron chi connectivity index (χ3n) is 4.07. The predicted octanol–water partition coefficient (Wildman–Crippen LogP) is 3.28. The number of nitrogens with zero attached hydrogens (tertiary/aromatic N) is 1. The molecule has 1 fully saturated rings. The summed E-state index contributed by atoms with van der Waals surface area (Å²) < 4.78 is 5.97. The van der Waals surface area contributed by atoms with Gasteiger partial charge in [0.2, 0.25) is 5.76 Å². The van der Waals surface area contributed by atoms with E-state index in [1.165, 1.54) is 11.8 Å². The van der Waals surface area contributed by atoms with E-state index in [4.69, 9.17) is 10.2 Å². The lowest BCUT2D eigenvalue weighted by Gasteiger charge is -2.16. The number of nitrogens with two attached hydrogens (primary N) is 1. The first-order valence-corrected chi connectivity index (χ1v) is 7.77. The second-order valence-corrected chi connectivity index (χ2v) is 6.18. The molecule has 6 heteroatoms.